The van der Waals surface area contributed by atoms with Crippen molar-refractivity contribution in [2.75, 3.05) is 20.1 Å². The third-order valence-electron chi connectivity index (χ3n) is 8.06. The summed E-state index contributed by atoms with van der Waals surface area (Å²) in [5.74, 6) is 4.09. The smallest absolute Gasteiger partial charge is 0.231 e. The van der Waals surface area contributed by atoms with Crippen LogP contribution >= 0.6 is 0 Å². The molecule has 2 aliphatic rings. The van der Waals surface area contributed by atoms with Crippen LogP contribution in [0.3, 0.4) is 0 Å². The number of aromatic nitrogens is 2. The molecule has 7 rings (SSSR count). The zero-order valence-electron chi connectivity index (χ0n) is 24.3. The summed E-state index contributed by atoms with van der Waals surface area (Å²) in [6, 6.07) is 33.3. The zero-order valence-corrected chi connectivity index (χ0v) is 24.3. The summed E-state index contributed by atoms with van der Waals surface area (Å²) in [7, 11) is 0. The monoisotopic (exact) mass is 573 g/mol. The van der Waals surface area contributed by atoms with E-state index in [2.05, 4.69) is 102 Å². The van der Waals surface area contributed by atoms with Gasteiger partial charge < -0.3 is 28.8 Å². The van der Waals surface area contributed by atoms with Gasteiger partial charge in [0, 0.05) is 36.3 Å². The lowest BCUT2D eigenvalue weighted by molar-refractivity contribution is 0.173. The Labute approximate surface area is 252 Å². The normalized spacial score (nSPS) is 13.2. The zero-order chi connectivity index (χ0) is 29.0. The van der Waals surface area contributed by atoms with Gasteiger partial charge in [0.05, 0.1) is 11.7 Å². The first-order valence-electron chi connectivity index (χ1n) is 15.0. The Hall–Kier alpha value is -4.75. The van der Waals surface area contributed by atoms with E-state index in [4.69, 9.17) is 23.9 Å². The molecule has 0 saturated heterocycles. The van der Waals surface area contributed by atoms with Crippen LogP contribution in [0.2, 0.25) is 0 Å². The van der Waals surface area contributed by atoms with Crippen LogP contribution in [-0.4, -0.2) is 29.7 Å². The van der Waals surface area contributed by atoms with E-state index < -0.39 is 0 Å². The highest BCUT2D eigenvalue weighted by Gasteiger charge is 2.24. The van der Waals surface area contributed by atoms with Gasteiger partial charge in [-0.3, -0.25) is 0 Å². The Balaban J connectivity index is 1.24. The quantitative estimate of drug-likeness (QED) is 0.178. The van der Waals surface area contributed by atoms with E-state index in [1.165, 1.54) is 5.69 Å². The second-order valence-corrected chi connectivity index (χ2v) is 10.8. The number of hydrogen-bond donors (Lipinski definition) is 1. The van der Waals surface area contributed by atoms with Crippen LogP contribution in [-0.2, 0) is 13.0 Å². The van der Waals surface area contributed by atoms with Gasteiger partial charge in [-0.1, -0.05) is 86.1 Å². The standard InChI is InChI=1S/C36H35N3O4/c1-2-3-20-39-29(35(25-10-6-4-7-11-25)38-36(39)26-12-8-5-9-13-26)18-19-37-34(27-14-16-30-32(21-27)42-23-40-30)28-15-17-31-33(22-28)43-24-41-31/h4-17,21-22,34,37H,2-3,18-20,23-24H2,1H3. The van der Waals surface area contributed by atoms with Gasteiger partial charge in [-0.05, 0) is 41.8 Å². The summed E-state index contributed by atoms with van der Waals surface area (Å²) in [5, 5.41) is 3.86. The maximum Gasteiger partial charge on any atom is 0.231 e. The largest absolute Gasteiger partial charge is 0.454 e. The molecule has 7 heteroatoms. The first kappa shape index (κ1) is 27.1. The highest BCUT2D eigenvalue weighted by molar-refractivity contribution is 5.68. The second kappa shape index (κ2) is 12.2. The minimum absolute atomic E-state index is 0.0928. The van der Waals surface area contributed by atoms with Gasteiger partial charge in [-0.2, -0.15) is 0 Å². The Morgan fingerprint density at radius 1 is 0.721 bits per heavy atom. The van der Waals surface area contributed by atoms with E-state index in [0.717, 1.165) is 89.1 Å². The van der Waals surface area contributed by atoms with Crippen molar-refractivity contribution in [3.63, 3.8) is 0 Å². The number of nitrogens with one attached hydrogen (secondary N) is 1. The van der Waals surface area contributed by atoms with E-state index in [1.54, 1.807) is 0 Å². The lowest BCUT2D eigenvalue weighted by atomic mass is 9.97. The molecule has 4 aromatic carbocycles. The fourth-order valence-corrected chi connectivity index (χ4v) is 5.88. The third kappa shape index (κ3) is 5.56. The van der Waals surface area contributed by atoms with E-state index in [1.807, 2.05) is 12.1 Å². The first-order chi connectivity index (χ1) is 21.3. The van der Waals surface area contributed by atoms with Crippen molar-refractivity contribution in [1.29, 1.82) is 0 Å². The topological polar surface area (TPSA) is 66.8 Å². The van der Waals surface area contributed by atoms with E-state index in [0.29, 0.717) is 0 Å². The SMILES string of the molecule is CCCCn1c(-c2ccccc2)nc(-c2ccccc2)c1CCNC(c1ccc2c(c1)OCO2)c1ccc2c(c1)OCO2. The summed E-state index contributed by atoms with van der Waals surface area (Å²) in [6.07, 6.45) is 3.00. The molecule has 1 N–H and O–H groups in total. The number of ether oxygens (including phenoxy) is 4. The van der Waals surface area contributed by atoms with Crippen LogP contribution in [0.1, 0.15) is 42.6 Å². The molecule has 43 heavy (non-hydrogen) atoms. The van der Waals surface area contributed by atoms with Gasteiger partial charge in [0.1, 0.15) is 5.82 Å². The van der Waals surface area contributed by atoms with Gasteiger partial charge in [0.2, 0.25) is 13.6 Å². The van der Waals surface area contributed by atoms with E-state index >= 15 is 0 Å². The average molecular weight is 574 g/mol. The van der Waals surface area contributed by atoms with Crippen molar-refractivity contribution in [2.24, 2.45) is 0 Å². The van der Waals surface area contributed by atoms with Gasteiger partial charge in [-0.25, -0.2) is 4.98 Å². The van der Waals surface area contributed by atoms with Crippen molar-refractivity contribution in [3.05, 3.63) is 114 Å². The third-order valence-corrected chi connectivity index (χ3v) is 8.06. The molecule has 0 amide bonds. The molecule has 0 aliphatic carbocycles. The molecule has 0 unspecified atom stereocenters. The molecule has 1 aromatic heterocycles. The lowest BCUT2D eigenvalue weighted by Crippen LogP contribution is -2.25. The van der Waals surface area contributed by atoms with E-state index in [9.17, 15) is 0 Å². The molecule has 0 atom stereocenters. The molecule has 218 valence electrons. The Morgan fingerprint density at radius 3 is 1.91 bits per heavy atom. The molecular formula is C36H35N3O4. The minimum Gasteiger partial charge on any atom is -0.454 e. The lowest BCUT2D eigenvalue weighted by Gasteiger charge is -2.21. The highest BCUT2D eigenvalue weighted by Crippen LogP contribution is 2.39. The fourth-order valence-electron chi connectivity index (χ4n) is 5.88. The Kier molecular flexibility index (Phi) is 7.71. The second-order valence-electron chi connectivity index (χ2n) is 10.8. The predicted molar refractivity (Wildman–Crippen MR) is 167 cm³/mol. The average Bonchev–Trinajstić information content (AvgIpc) is 3.81. The summed E-state index contributed by atoms with van der Waals surface area (Å²) in [6.45, 7) is 4.38. The van der Waals surface area contributed by atoms with Crippen molar-refractivity contribution < 1.29 is 18.9 Å². The molecule has 0 bridgehead atoms. The van der Waals surface area contributed by atoms with Gasteiger partial charge in [0.15, 0.2) is 23.0 Å². The number of rotatable bonds is 11. The van der Waals surface area contributed by atoms with Crippen LogP contribution < -0.4 is 24.3 Å². The maximum absolute atomic E-state index is 5.73. The highest BCUT2D eigenvalue weighted by atomic mass is 16.7. The van der Waals surface area contributed by atoms with Crippen molar-refractivity contribution in [3.8, 4) is 45.6 Å². The summed E-state index contributed by atoms with van der Waals surface area (Å²) >= 11 is 0. The molecule has 0 spiro atoms. The van der Waals surface area contributed by atoms with Crippen molar-refractivity contribution >= 4 is 0 Å². The molecule has 0 saturated carbocycles. The molecule has 2 aliphatic heterocycles. The molecular weight excluding hydrogens is 538 g/mol. The number of imidazole rings is 1. The van der Waals surface area contributed by atoms with Gasteiger partial charge >= 0.3 is 0 Å². The number of hydrogen-bond acceptors (Lipinski definition) is 6. The van der Waals surface area contributed by atoms with Gasteiger partial charge in [0.25, 0.3) is 0 Å². The number of benzene rings is 4. The van der Waals surface area contributed by atoms with Crippen LogP contribution in [0.15, 0.2) is 97.1 Å². The molecule has 0 radical (unpaired) electrons. The summed E-state index contributed by atoms with van der Waals surface area (Å²) in [4.78, 5) is 5.27. The first-order valence-corrected chi connectivity index (χ1v) is 15.0. The molecule has 7 nitrogen and oxygen atoms in total. The predicted octanol–water partition coefficient (Wildman–Crippen LogP) is 7.40. The van der Waals surface area contributed by atoms with E-state index in [-0.39, 0.29) is 19.6 Å². The number of unbranched alkanes of at least 4 members (excludes halogenated alkanes) is 1. The maximum atomic E-state index is 5.73. The van der Waals surface area contributed by atoms with Crippen LogP contribution in [0.5, 0.6) is 23.0 Å². The van der Waals surface area contributed by atoms with Crippen molar-refractivity contribution in [1.82, 2.24) is 14.9 Å². The molecule has 5 aromatic rings. The van der Waals surface area contributed by atoms with Crippen LogP contribution in [0, 0.1) is 0 Å². The fraction of sp³-hybridized carbons (Fsp3) is 0.250. The van der Waals surface area contributed by atoms with Crippen molar-refractivity contribution in [2.45, 2.75) is 38.8 Å². The van der Waals surface area contributed by atoms with Gasteiger partial charge in [-0.15, -0.1) is 0 Å². The molecule has 0 fully saturated rings. The summed E-state index contributed by atoms with van der Waals surface area (Å²) in [5.41, 5.74) is 6.73. The Bertz CT molecular complexity index is 1640. The van der Waals surface area contributed by atoms with Crippen LogP contribution in [0.4, 0.5) is 0 Å². The summed E-state index contributed by atoms with van der Waals surface area (Å²) < 4.78 is 25.1. The molecule has 3 heterocycles. The number of fused-ring (bicyclic) bond motifs is 2. The Morgan fingerprint density at radius 2 is 1.30 bits per heavy atom. The number of nitrogens with zero attached hydrogens (tertiary/aromatic N) is 2. The minimum atomic E-state index is -0.0928. The van der Waals surface area contributed by atoms with Crippen LogP contribution in [0.25, 0.3) is 22.6 Å².